The van der Waals surface area contributed by atoms with E-state index in [2.05, 4.69) is 12.2 Å². The third-order valence-corrected chi connectivity index (χ3v) is 4.13. The number of hydrogen-bond acceptors (Lipinski definition) is 3. The Morgan fingerprint density at radius 3 is 2.62 bits per heavy atom. The first kappa shape index (κ1) is 17.8. The van der Waals surface area contributed by atoms with Gasteiger partial charge in [0.1, 0.15) is 5.41 Å². The first-order chi connectivity index (χ1) is 9.82. The van der Waals surface area contributed by atoms with Crippen LogP contribution in [-0.4, -0.2) is 53.8 Å². The first-order valence-corrected chi connectivity index (χ1v) is 7.71. The van der Waals surface area contributed by atoms with Crippen LogP contribution in [0.25, 0.3) is 0 Å². The molecule has 21 heavy (non-hydrogen) atoms. The van der Waals surface area contributed by atoms with Gasteiger partial charge in [0.2, 0.25) is 0 Å². The monoisotopic (exact) mass is 300 g/mol. The molecule has 2 atom stereocenters. The number of aliphatic carboxylic acids is 1. The fraction of sp³-hybridized carbons (Fsp3) is 0.867. The van der Waals surface area contributed by atoms with Crippen LogP contribution in [0.5, 0.6) is 0 Å². The van der Waals surface area contributed by atoms with Gasteiger partial charge in [0.05, 0.1) is 19.3 Å². The minimum atomic E-state index is -1.05. The van der Waals surface area contributed by atoms with Crippen LogP contribution in [0.15, 0.2) is 0 Å². The average molecular weight is 300 g/mol. The highest BCUT2D eigenvalue weighted by Crippen LogP contribution is 2.28. The number of unbranched alkanes of at least 4 members (excludes halogenated alkanes) is 2. The summed E-state index contributed by atoms with van der Waals surface area (Å²) in [7, 11) is 0. The smallest absolute Gasteiger partial charge is 0.317 e. The van der Waals surface area contributed by atoms with E-state index in [0.717, 1.165) is 19.3 Å². The number of urea groups is 1. The van der Waals surface area contributed by atoms with Crippen molar-refractivity contribution in [2.45, 2.75) is 59.0 Å². The molecule has 2 N–H and O–H groups in total. The Labute approximate surface area is 126 Å². The van der Waals surface area contributed by atoms with Crippen LogP contribution in [0.3, 0.4) is 0 Å². The molecule has 0 aromatic heterocycles. The molecule has 0 aromatic carbocycles. The van der Waals surface area contributed by atoms with Gasteiger partial charge in [0, 0.05) is 12.6 Å². The molecule has 0 aliphatic carbocycles. The van der Waals surface area contributed by atoms with Crippen LogP contribution in [0.1, 0.15) is 47.0 Å². The Morgan fingerprint density at radius 1 is 1.43 bits per heavy atom. The molecule has 0 saturated carbocycles. The van der Waals surface area contributed by atoms with Crippen molar-refractivity contribution in [3.8, 4) is 0 Å². The molecule has 2 unspecified atom stereocenters. The third-order valence-electron chi connectivity index (χ3n) is 4.13. The summed E-state index contributed by atoms with van der Waals surface area (Å²) in [6.45, 7) is 8.73. The van der Waals surface area contributed by atoms with E-state index in [1.54, 1.807) is 11.8 Å². The molecule has 6 nitrogen and oxygen atoms in total. The second-order valence-corrected chi connectivity index (χ2v) is 6.23. The Morgan fingerprint density at radius 2 is 2.10 bits per heavy atom. The van der Waals surface area contributed by atoms with Gasteiger partial charge in [-0.1, -0.05) is 19.8 Å². The Hall–Kier alpha value is -1.30. The summed E-state index contributed by atoms with van der Waals surface area (Å²) >= 11 is 0. The Balaban J connectivity index is 2.66. The second kappa shape index (κ2) is 7.64. The van der Waals surface area contributed by atoms with Gasteiger partial charge in [-0.05, 0) is 27.2 Å². The van der Waals surface area contributed by atoms with Crippen LogP contribution in [0.2, 0.25) is 0 Å². The topological polar surface area (TPSA) is 78.9 Å². The molecule has 2 amide bonds. The number of hydrogen-bond donors (Lipinski definition) is 2. The number of carbonyl (C=O) groups excluding carboxylic acids is 1. The van der Waals surface area contributed by atoms with Crippen molar-refractivity contribution in [2.24, 2.45) is 5.41 Å². The van der Waals surface area contributed by atoms with E-state index < -0.39 is 17.4 Å². The predicted octanol–water partition coefficient (Wildman–Crippen LogP) is 2.09. The fourth-order valence-corrected chi connectivity index (χ4v) is 2.44. The van der Waals surface area contributed by atoms with Crippen molar-refractivity contribution >= 4 is 12.0 Å². The summed E-state index contributed by atoms with van der Waals surface area (Å²) in [4.78, 5) is 25.6. The van der Waals surface area contributed by atoms with Crippen molar-refractivity contribution in [2.75, 3.05) is 19.8 Å². The highest BCUT2D eigenvalue weighted by atomic mass is 16.5. The van der Waals surface area contributed by atoms with Gasteiger partial charge in [0.25, 0.3) is 0 Å². The second-order valence-electron chi connectivity index (χ2n) is 6.23. The lowest BCUT2D eigenvalue weighted by molar-refractivity contribution is -0.148. The van der Waals surface area contributed by atoms with Crippen molar-refractivity contribution in [3.63, 3.8) is 0 Å². The van der Waals surface area contributed by atoms with Crippen LogP contribution >= 0.6 is 0 Å². The van der Waals surface area contributed by atoms with E-state index in [4.69, 9.17) is 4.74 Å². The maximum absolute atomic E-state index is 12.4. The molecule has 1 heterocycles. The van der Waals surface area contributed by atoms with Crippen LogP contribution in [0, 0.1) is 5.41 Å². The molecule has 0 bridgehead atoms. The van der Waals surface area contributed by atoms with Crippen LogP contribution < -0.4 is 5.32 Å². The molecule has 0 radical (unpaired) electrons. The van der Waals surface area contributed by atoms with Crippen LogP contribution in [-0.2, 0) is 9.53 Å². The minimum Gasteiger partial charge on any atom is -0.481 e. The molecule has 1 aliphatic heterocycles. The Bertz CT molecular complexity index is 373. The van der Waals surface area contributed by atoms with Gasteiger partial charge in [-0.15, -0.1) is 0 Å². The molecule has 1 fully saturated rings. The summed E-state index contributed by atoms with van der Waals surface area (Å²) in [5, 5.41) is 12.2. The summed E-state index contributed by atoms with van der Waals surface area (Å²) in [6.07, 6.45) is 3.14. The molecule has 122 valence electrons. The lowest BCUT2D eigenvalue weighted by Crippen LogP contribution is -2.54. The van der Waals surface area contributed by atoms with Gasteiger partial charge in [-0.3, -0.25) is 4.79 Å². The minimum absolute atomic E-state index is 0.0836. The van der Waals surface area contributed by atoms with Crippen molar-refractivity contribution < 1.29 is 19.4 Å². The molecule has 1 saturated heterocycles. The van der Waals surface area contributed by atoms with E-state index in [-0.39, 0.29) is 25.3 Å². The predicted molar refractivity (Wildman–Crippen MR) is 80.2 cm³/mol. The standard InChI is InChI=1S/C15H28N2O4/c1-5-6-7-8-17(11(2)3)14(20)16-12-9-21-10-15(12,4)13(18)19/h11-12H,5-10H2,1-4H3,(H,16,20)(H,18,19). The molecule has 6 heteroatoms. The van der Waals surface area contributed by atoms with Gasteiger partial charge < -0.3 is 20.1 Å². The zero-order chi connectivity index (χ0) is 16.0. The van der Waals surface area contributed by atoms with E-state index in [0.29, 0.717) is 6.54 Å². The largest absolute Gasteiger partial charge is 0.481 e. The number of amides is 2. The van der Waals surface area contributed by atoms with Crippen molar-refractivity contribution in [1.29, 1.82) is 0 Å². The van der Waals surface area contributed by atoms with Crippen LogP contribution in [0.4, 0.5) is 4.79 Å². The molecule has 0 aromatic rings. The quantitative estimate of drug-likeness (QED) is 0.706. The normalized spacial score (nSPS) is 25.1. The number of nitrogens with one attached hydrogen (secondary N) is 1. The van der Waals surface area contributed by atoms with E-state index >= 15 is 0 Å². The summed E-state index contributed by atoms with van der Waals surface area (Å²) in [5.41, 5.74) is -1.05. The number of rotatable bonds is 7. The lowest BCUT2D eigenvalue weighted by atomic mass is 9.85. The SMILES string of the molecule is CCCCCN(C(=O)NC1COCC1(C)C(=O)O)C(C)C. The number of carboxylic acids is 1. The van der Waals surface area contributed by atoms with Gasteiger partial charge in [-0.2, -0.15) is 0 Å². The van der Waals surface area contributed by atoms with Gasteiger partial charge >= 0.3 is 12.0 Å². The van der Waals surface area contributed by atoms with E-state index in [9.17, 15) is 14.7 Å². The van der Waals surface area contributed by atoms with Crippen molar-refractivity contribution in [1.82, 2.24) is 10.2 Å². The summed E-state index contributed by atoms with van der Waals surface area (Å²) < 4.78 is 5.26. The number of carbonyl (C=O) groups is 2. The molecule has 1 aliphatic rings. The number of nitrogens with zero attached hydrogens (tertiary/aromatic N) is 1. The molecule has 0 spiro atoms. The van der Waals surface area contributed by atoms with Crippen molar-refractivity contribution in [3.05, 3.63) is 0 Å². The lowest BCUT2D eigenvalue weighted by Gasteiger charge is -2.31. The fourth-order valence-electron chi connectivity index (χ4n) is 2.44. The van der Waals surface area contributed by atoms with Gasteiger partial charge in [-0.25, -0.2) is 4.79 Å². The van der Waals surface area contributed by atoms with Gasteiger partial charge in [0.15, 0.2) is 0 Å². The number of carboxylic acid groups (broad SMARTS) is 1. The zero-order valence-electron chi connectivity index (χ0n) is 13.5. The summed E-state index contributed by atoms with van der Waals surface area (Å²) in [6, 6.07) is -0.612. The maximum Gasteiger partial charge on any atom is 0.317 e. The highest BCUT2D eigenvalue weighted by Gasteiger charge is 2.47. The molecular weight excluding hydrogens is 272 g/mol. The number of ether oxygens (including phenoxy) is 1. The Kier molecular flexibility index (Phi) is 6.45. The zero-order valence-corrected chi connectivity index (χ0v) is 13.5. The maximum atomic E-state index is 12.4. The molecule has 1 rings (SSSR count). The highest BCUT2D eigenvalue weighted by molar-refractivity contribution is 5.79. The first-order valence-electron chi connectivity index (χ1n) is 7.71. The molecular formula is C15H28N2O4. The third kappa shape index (κ3) is 4.33. The van der Waals surface area contributed by atoms with E-state index in [1.165, 1.54) is 0 Å². The average Bonchev–Trinajstić information content (AvgIpc) is 2.77. The van der Waals surface area contributed by atoms with E-state index in [1.807, 2.05) is 13.8 Å². The summed E-state index contributed by atoms with van der Waals surface area (Å²) in [5.74, 6) is -0.938.